The van der Waals surface area contributed by atoms with E-state index in [0.717, 1.165) is 17.4 Å². The van der Waals surface area contributed by atoms with Gasteiger partial charge >= 0.3 is 0 Å². The van der Waals surface area contributed by atoms with Crippen LogP contribution in [-0.4, -0.2) is 18.1 Å². The normalized spacial score (nSPS) is 26.4. The second-order valence-corrected chi connectivity index (χ2v) is 6.13. The summed E-state index contributed by atoms with van der Waals surface area (Å²) >= 11 is 5.20. The number of thiocarbonyl (C=S) groups is 1. The Morgan fingerprint density at radius 3 is 2.56 bits per heavy atom. The molecule has 2 aliphatic rings. The van der Waals surface area contributed by atoms with Crippen LogP contribution in [0.5, 0.6) is 0 Å². The Labute approximate surface area is 114 Å². The van der Waals surface area contributed by atoms with Gasteiger partial charge in [0.2, 0.25) is 0 Å². The van der Waals surface area contributed by atoms with Gasteiger partial charge in [0.25, 0.3) is 0 Å². The Balaban J connectivity index is 1.95. The molecule has 1 aromatic rings. The molecule has 2 fully saturated rings. The molecule has 2 unspecified atom stereocenters. The van der Waals surface area contributed by atoms with Gasteiger partial charge in [-0.05, 0) is 43.2 Å². The van der Waals surface area contributed by atoms with Crippen molar-refractivity contribution in [2.24, 2.45) is 17.6 Å². The quantitative estimate of drug-likeness (QED) is 0.829. The first-order valence-corrected chi connectivity index (χ1v) is 7.22. The molecule has 0 spiro atoms. The third-order valence-corrected chi connectivity index (χ3v) is 4.77. The fourth-order valence-corrected chi connectivity index (χ4v) is 3.86. The van der Waals surface area contributed by atoms with E-state index in [-0.39, 0.29) is 0 Å². The number of aryl methyl sites for hydroxylation is 1. The van der Waals surface area contributed by atoms with Gasteiger partial charge in [-0.2, -0.15) is 0 Å². The third kappa shape index (κ3) is 1.91. The summed E-state index contributed by atoms with van der Waals surface area (Å²) in [6, 6.07) is 6.26. The lowest BCUT2D eigenvalue weighted by Gasteiger charge is -2.24. The van der Waals surface area contributed by atoms with Gasteiger partial charge in [0.15, 0.2) is 0 Å². The molecule has 2 nitrogen and oxygen atoms in total. The van der Waals surface area contributed by atoms with Crippen molar-refractivity contribution in [1.82, 2.24) is 0 Å². The number of nitrogens with zero attached hydrogens (tertiary/aromatic N) is 1. The number of benzene rings is 1. The number of nitrogens with two attached hydrogens (primary N) is 1. The number of para-hydroxylation sites is 1. The van der Waals surface area contributed by atoms with Crippen LogP contribution < -0.4 is 10.6 Å². The molecule has 1 saturated heterocycles. The Bertz CT molecular complexity index is 471. The van der Waals surface area contributed by atoms with Gasteiger partial charge in [0, 0.05) is 24.3 Å². The van der Waals surface area contributed by atoms with E-state index >= 15 is 0 Å². The summed E-state index contributed by atoms with van der Waals surface area (Å²) in [6.07, 6.45) is 4.21. The smallest absolute Gasteiger partial charge is 0.106 e. The van der Waals surface area contributed by atoms with Gasteiger partial charge in [0.05, 0.1) is 0 Å². The Morgan fingerprint density at radius 2 is 1.94 bits per heavy atom. The number of hydrogen-bond acceptors (Lipinski definition) is 2. The highest BCUT2D eigenvalue weighted by molar-refractivity contribution is 7.80. The number of anilines is 1. The fraction of sp³-hybridized carbons (Fsp3) is 0.533. The average Bonchev–Trinajstić information content (AvgIpc) is 2.88. The molecule has 1 aliphatic carbocycles. The molecular formula is C15H20N2S. The predicted molar refractivity (Wildman–Crippen MR) is 80.1 cm³/mol. The maximum atomic E-state index is 5.87. The van der Waals surface area contributed by atoms with Crippen molar-refractivity contribution in [3.63, 3.8) is 0 Å². The Morgan fingerprint density at radius 1 is 1.28 bits per heavy atom. The van der Waals surface area contributed by atoms with E-state index in [4.69, 9.17) is 18.0 Å². The SMILES string of the molecule is Cc1cccc(C(N)=S)c1N1CC2CCCC2C1. The first kappa shape index (κ1) is 12.0. The van der Waals surface area contributed by atoms with Crippen LogP contribution in [0.4, 0.5) is 5.69 Å². The van der Waals surface area contributed by atoms with Crippen molar-refractivity contribution in [2.45, 2.75) is 26.2 Å². The molecule has 2 N–H and O–H groups in total. The number of fused-ring (bicyclic) bond motifs is 1. The predicted octanol–water partition coefficient (Wildman–Crippen LogP) is 2.87. The lowest BCUT2D eigenvalue weighted by Crippen LogP contribution is -2.25. The van der Waals surface area contributed by atoms with E-state index < -0.39 is 0 Å². The topological polar surface area (TPSA) is 29.3 Å². The molecule has 0 radical (unpaired) electrons. The molecule has 96 valence electrons. The highest BCUT2D eigenvalue weighted by atomic mass is 32.1. The summed E-state index contributed by atoms with van der Waals surface area (Å²) in [7, 11) is 0. The monoisotopic (exact) mass is 260 g/mol. The zero-order chi connectivity index (χ0) is 12.7. The van der Waals surface area contributed by atoms with Gasteiger partial charge in [-0.25, -0.2) is 0 Å². The maximum Gasteiger partial charge on any atom is 0.106 e. The summed E-state index contributed by atoms with van der Waals surface area (Å²) in [4.78, 5) is 3.03. The van der Waals surface area contributed by atoms with Gasteiger partial charge in [-0.15, -0.1) is 0 Å². The number of hydrogen-bond donors (Lipinski definition) is 1. The zero-order valence-electron chi connectivity index (χ0n) is 10.9. The fourth-order valence-electron chi connectivity index (χ4n) is 3.70. The van der Waals surface area contributed by atoms with E-state index in [1.54, 1.807) is 0 Å². The summed E-state index contributed by atoms with van der Waals surface area (Å²) < 4.78 is 0. The summed E-state index contributed by atoms with van der Waals surface area (Å²) in [6.45, 7) is 4.53. The van der Waals surface area contributed by atoms with Gasteiger partial charge in [-0.3, -0.25) is 0 Å². The van der Waals surface area contributed by atoms with Crippen LogP contribution in [0.1, 0.15) is 30.4 Å². The molecule has 0 amide bonds. The Hall–Kier alpha value is -1.09. The van der Waals surface area contributed by atoms with Crippen molar-refractivity contribution in [3.05, 3.63) is 29.3 Å². The molecule has 2 atom stereocenters. The molecule has 0 aromatic heterocycles. The molecule has 1 heterocycles. The van der Waals surface area contributed by atoms with Crippen LogP contribution >= 0.6 is 12.2 Å². The minimum Gasteiger partial charge on any atom is -0.389 e. The summed E-state index contributed by atoms with van der Waals surface area (Å²) in [5.74, 6) is 1.78. The number of rotatable bonds is 2. The minimum atomic E-state index is 0.519. The average molecular weight is 260 g/mol. The van der Waals surface area contributed by atoms with Crippen LogP contribution in [-0.2, 0) is 0 Å². The van der Waals surface area contributed by atoms with Gasteiger partial charge in [-0.1, -0.05) is 30.8 Å². The van der Waals surface area contributed by atoms with Crippen molar-refractivity contribution in [1.29, 1.82) is 0 Å². The zero-order valence-corrected chi connectivity index (χ0v) is 11.7. The summed E-state index contributed by atoms with van der Waals surface area (Å²) in [5, 5.41) is 0. The molecule has 0 bridgehead atoms. The highest BCUT2D eigenvalue weighted by Crippen LogP contribution is 2.41. The van der Waals surface area contributed by atoms with Crippen LogP contribution in [0, 0.1) is 18.8 Å². The van der Waals surface area contributed by atoms with Gasteiger partial charge < -0.3 is 10.6 Å². The van der Waals surface area contributed by atoms with Crippen LogP contribution in [0.3, 0.4) is 0 Å². The highest BCUT2D eigenvalue weighted by Gasteiger charge is 2.37. The van der Waals surface area contributed by atoms with E-state index in [0.29, 0.717) is 4.99 Å². The van der Waals surface area contributed by atoms with E-state index in [1.165, 1.54) is 43.6 Å². The molecule has 3 rings (SSSR count). The molecule has 1 saturated carbocycles. The first-order chi connectivity index (χ1) is 8.66. The molecule has 1 aromatic carbocycles. The molecule has 3 heteroatoms. The minimum absolute atomic E-state index is 0.519. The lowest BCUT2D eigenvalue weighted by molar-refractivity contribution is 0.494. The van der Waals surface area contributed by atoms with Crippen molar-refractivity contribution in [3.8, 4) is 0 Å². The van der Waals surface area contributed by atoms with Gasteiger partial charge in [0.1, 0.15) is 4.99 Å². The van der Waals surface area contributed by atoms with E-state index in [2.05, 4.69) is 24.0 Å². The maximum absolute atomic E-state index is 5.87. The van der Waals surface area contributed by atoms with Crippen molar-refractivity contribution >= 4 is 22.9 Å². The standard InChI is InChI=1S/C15H20N2S/c1-10-4-2-7-13(15(16)18)14(10)17-8-11-5-3-6-12(11)9-17/h2,4,7,11-12H,3,5-6,8-9H2,1H3,(H2,16,18). The van der Waals surface area contributed by atoms with Crippen LogP contribution in [0.2, 0.25) is 0 Å². The van der Waals surface area contributed by atoms with E-state index in [1.807, 2.05) is 6.07 Å². The van der Waals surface area contributed by atoms with Crippen LogP contribution in [0.25, 0.3) is 0 Å². The summed E-state index contributed by atoms with van der Waals surface area (Å²) in [5.41, 5.74) is 9.49. The van der Waals surface area contributed by atoms with Crippen LogP contribution in [0.15, 0.2) is 18.2 Å². The molecule has 1 aliphatic heterocycles. The largest absolute Gasteiger partial charge is 0.389 e. The van der Waals surface area contributed by atoms with Crippen molar-refractivity contribution < 1.29 is 0 Å². The Kier molecular flexibility index (Phi) is 3.02. The lowest BCUT2D eigenvalue weighted by atomic mass is 10.0. The van der Waals surface area contributed by atoms with Crippen molar-refractivity contribution in [2.75, 3.05) is 18.0 Å². The second-order valence-electron chi connectivity index (χ2n) is 5.69. The first-order valence-electron chi connectivity index (χ1n) is 6.81. The molecule has 18 heavy (non-hydrogen) atoms. The second kappa shape index (κ2) is 4.54. The van der Waals surface area contributed by atoms with E-state index in [9.17, 15) is 0 Å². The third-order valence-electron chi connectivity index (χ3n) is 4.55. The molecular weight excluding hydrogens is 240 g/mol.